The zero-order chi connectivity index (χ0) is 15.1. The molecule has 1 aromatic rings. The lowest BCUT2D eigenvalue weighted by atomic mass is 10.1. The zero-order valence-electron chi connectivity index (χ0n) is 13.6. The molecule has 1 amide bonds. The van der Waals surface area contributed by atoms with Crippen molar-refractivity contribution in [3.8, 4) is 0 Å². The molecule has 2 N–H and O–H groups in total. The largest absolute Gasteiger partial charge is 0.351 e. The highest BCUT2D eigenvalue weighted by atomic mass is 35.5. The normalized spacial score (nSPS) is 17.3. The van der Waals surface area contributed by atoms with Crippen molar-refractivity contribution in [2.75, 3.05) is 19.6 Å². The first-order chi connectivity index (χ1) is 10.2. The summed E-state index contributed by atoms with van der Waals surface area (Å²) in [4.78, 5) is 14.3. The van der Waals surface area contributed by atoms with Gasteiger partial charge in [0.05, 0.1) is 6.04 Å². The van der Waals surface area contributed by atoms with Crippen molar-refractivity contribution in [1.82, 2.24) is 15.5 Å². The molecular weight excluding hydrogens is 298 g/mol. The van der Waals surface area contributed by atoms with Crippen LogP contribution in [0.15, 0.2) is 24.3 Å². The third-order valence-electron chi connectivity index (χ3n) is 4.17. The van der Waals surface area contributed by atoms with E-state index in [1.54, 1.807) is 0 Å². The summed E-state index contributed by atoms with van der Waals surface area (Å²) in [6.07, 6.45) is 2.05. The molecule has 4 nitrogen and oxygen atoms in total. The molecule has 1 unspecified atom stereocenters. The number of nitrogens with zero attached hydrogens (tertiary/aromatic N) is 1. The average molecular weight is 326 g/mol. The first-order valence-corrected chi connectivity index (χ1v) is 8.04. The van der Waals surface area contributed by atoms with E-state index in [4.69, 9.17) is 0 Å². The average Bonchev–Trinajstić information content (AvgIpc) is 3.06. The van der Waals surface area contributed by atoms with Crippen molar-refractivity contribution in [3.05, 3.63) is 35.4 Å². The van der Waals surface area contributed by atoms with Crippen molar-refractivity contribution < 1.29 is 4.79 Å². The lowest BCUT2D eigenvalue weighted by Gasteiger charge is -2.18. The van der Waals surface area contributed by atoms with Crippen LogP contribution in [0.2, 0.25) is 0 Å². The standard InChI is InChI=1S/C17H27N3O.ClH/c1-3-20(4-2)13-15-9-7-14(8-10-15)12-19-17(21)16-6-5-11-18-16;/h7-10,16,18H,3-6,11-13H2,1-2H3,(H,19,21);1H. The fraction of sp³-hybridized carbons (Fsp3) is 0.588. The summed E-state index contributed by atoms with van der Waals surface area (Å²) in [5.74, 6) is 0.125. The SMILES string of the molecule is CCN(CC)Cc1ccc(CNC(=O)C2CCCN2)cc1.Cl. The van der Waals surface area contributed by atoms with Crippen LogP contribution in [0.1, 0.15) is 37.8 Å². The molecule has 124 valence electrons. The first kappa shape index (κ1) is 18.9. The summed E-state index contributed by atoms with van der Waals surface area (Å²) in [6, 6.07) is 8.55. The zero-order valence-corrected chi connectivity index (χ0v) is 14.4. The van der Waals surface area contributed by atoms with Gasteiger partial charge in [-0.2, -0.15) is 0 Å². The van der Waals surface area contributed by atoms with Crippen molar-refractivity contribution in [2.24, 2.45) is 0 Å². The van der Waals surface area contributed by atoms with Gasteiger partial charge < -0.3 is 10.6 Å². The van der Waals surface area contributed by atoms with E-state index in [0.29, 0.717) is 6.54 Å². The Balaban J connectivity index is 0.00000242. The summed E-state index contributed by atoms with van der Waals surface area (Å²) in [5.41, 5.74) is 2.48. The van der Waals surface area contributed by atoms with E-state index >= 15 is 0 Å². The second-order valence-electron chi connectivity index (χ2n) is 5.64. The van der Waals surface area contributed by atoms with Gasteiger partial charge in [0, 0.05) is 13.1 Å². The Morgan fingerprint density at radius 2 is 1.86 bits per heavy atom. The highest BCUT2D eigenvalue weighted by Gasteiger charge is 2.21. The number of hydrogen-bond donors (Lipinski definition) is 2. The van der Waals surface area contributed by atoms with Crippen molar-refractivity contribution in [1.29, 1.82) is 0 Å². The smallest absolute Gasteiger partial charge is 0.237 e. The summed E-state index contributed by atoms with van der Waals surface area (Å²) < 4.78 is 0. The number of carbonyl (C=O) groups is 1. The van der Waals surface area contributed by atoms with E-state index in [9.17, 15) is 4.79 Å². The third-order valence-corrected chi connectivity index (χ3v) is 4.17. The Morgan fingerprint density at radius 1 is 1.23 bits per heavy atom. The molecule has 5 heteroatoms. The van der Waals surface area contributed by atoms with Gasteiger partial charge in [-0.15, -0.1) is 12.4 Å². The van der Waals surface area contributed by atoms with Gasteiger partial charge in [-0.1, -0.05) is 38.1 Å². The van der Waals surface area contributed by atoms with Gasteiger partial charge in [0.25, 0.3) is 0 Å². The molecule has 0 radical (unpaired) electrons. The number of nitrogens with one attached hydrogen (secondary N) is 2. The van der Waals surface area contributed by atoms with Crippen LogP contribution in [0, 0.1) is 0 Å². The molecule has 2 rings (SSSR count). The number of carbonyl (C=O) groups excluding carboxylic acids is 1. The molecule has 1 heterocycles. The molecule has 0 bridgehead atoms. The lowest BCUT2D eigenvalue weighted by Crippen LogP contribution is -2.39. The predicted octanol–water partition coefficient (Wildman–Crippen LogP) is 2.32. The van der Waals surface area contributed by atoms with Crippen LogP contribution >= 0.6 is 12.4 Å². The minimum absolute atomic E-state index is 0. The summed E-state index contributed by atoms with van der Waals surface area (Å²) >= 11 is 0. The van der Waals surface area contributed by atoms with Crippen molar-refractivity contribution in [2.45, 2.75) is 45.8 Å². The van der Waals surface area contributed by atoms with Gasteiger partial charge in [0.2, 0.25) is 5.91 Å². The van der Waals surface area contributed by atoms with E-state index < -0.39 is 0 Å². The topological polar surface area (TPSA) is 44.4 Å². The van der Waals surface area contributed by atoms with Gasteiger partial charge in [-0.3, -0.25) is 9.69 Å². The van der Waals surface area contributed by atoms with Gasteiger partial charge in [0.1, 0.15) is 0 Å². The number of halogens is 1. The van der Waals surface area contributed by atoms with Crippen LogP contribution < -0.4 is 10.6 Å². The molecule has 1 aliphatic rings. The molecule has 0 spiro atoms. The van der Waals surface area contributed by atoms with Crippen molar-refractivity contribution in [3.63, 3.8) is 0 Å². The molecule has 22 heavy (non-hydrogen) atoms. The van der Waals surface area contributed by atoms with Crippen LogP contribution in [0.4, 0.5) is 0 Å². The van der Waals surface area contributed by atoms with Gasteiger partial charge in [0.15, 0.2) is 0 Å². The Hall–Kier alpha value is -1.10. The fourth-order valence-electron chi connectivity index (χ4n) is 2.69. The molecule has 1 fully saturated rings. The minimum atomic E-state index is 0. The number of benzene rings is 1. The maximum absolute atomic E-state index is 11.9. The monoisotopic (exact) mass is 325 g/mol. The lowest BCUT2D eigenvalue weighted by molar-refractivity contribution is -0.122. The quantitative estimate of drug-likeness (QED) is 0.808. The minimum Gasteiger partial charge on any atom is -0.351 e. The van der Waals surface area contributed by atoms with Crippen LogP contribution in [0.5, 0.6) is 0 Å². The summed E-state index contributed by atoms with van der Waals surface area (Å²) in [7, 11) is 0. The maximum Gasteiger partial charge on any atom is 0.237 e. The molecule has 1 aliphatic heterocycles. The highest BCUT2D eigenvalue weighted by Crippen LogP contribution is 2.09. The van der Waals surface area contributed by atoms with Crippen LogP contribution in [-0.4, -0.2) is 36.5 Å². The Labute approximate surface area is 140 Å². The number of hydrogen-bond acceptors (Lipinski definition) is 3. The van der Waals surface area contributed by atoms with E-state index in [1.165, 1.54) is 5.56 Å². The Morgan fingerprint density at radius 3 is 2.41 bits per heavy atom. The molecule has 0 saturated carbocycles. The molecule has 1 aromatic carbocycles. The second kappa shape index (κ2) is 9.82. The number of rotatable bonds is 7. The maximum atomic E-state index is 11.9. The third kappa shape index (κ3) is 5.59. The van der Waals surface area contributed by atoms with E-state index in [-0.39, 0.29) is 24.4 Å². The summed E-state index contributed by atoms with van der Waals surface area (Å²) in [6.45, 7) is 9.08. The first-order valence-electron chi connectivity index (χ1n) is 8.04. The van der Waals surface area contributed by atoms with Crippen LogP contribution in [-0.2, 0) is 17.9 Å². The second-order valence-corrected chi connectivity index (χ2v) is 5.64. The van der Waals surface area contributed by atoms with Crippen LogP contribution in [0.25, 0.3) is 0 Å². The van der Waals surface area contributed by atoms with Crippen LogP contribution in [0.3, 0.4) is 0 Å². The van der Waals surface area contributed by atoms with Crippen molar-refractivity contribution >= 4 is 18.3 Å². The molecular formula is C17H28ClN3O. The van der Waals surface area contributed by atoms with E-state index in [1.807, 2.05) is 0 Å². The van der Waals surface area contributed by atoms with Gasteiger partial charge in [-0.05, 0) is 43.6 Å². The number of amides is 1. The summed E-state index contributed by atoms with van der Waals surface area (Å²) in [5, 5.41) is 6.23. The predicted molar refractivity (Wildman–Crippen MR) is 93.2 cm³/mol. The van der Waals surface area contributed by atoms with E-state index in [2.05, 4.69) is 53.6 Å². The van der Waals surface area contributed by atoms with Gasteiger partial charge in [-0.25, -0.2) is 0 Å². The molecule has 1 saturated heterocycles. The highest BCUT2D eigenvalue weighted by molar-refractivity contribution is 5.85. The molecule has 1 atom stereocenters. The Kier molecular flexibility index (Phi) is 8.46. The van der Waals surface area contributed by atoms with Gasteiger partial charge >= 0.3 is 0 Å². The van der Waals surface area contributed by atoms with E-state index in [0.717, 1.165) is 44.6 Å². The fourth-order valence-corrected chi connectivity index (χ4v) is 2.69. The molecule has 0 aromatic heterocycles. The molecule has 0 aliphatic carbocycles. The Bertz CT molecular complexity index is 440.